The number of halogens is 1. The van der Waals surface area contributed by atoms with Crippen LogP contribution in [0.25, 0.3) is 0 Å². The van der Waals surface area contributed by atoms with Gasteiger partial charge in [0.1, 0.15) is 5.76 Å². The van der Waals surface area contributed by atoms with E-state index in [0.29, 0.717) is 10.6 Å². The number of hydrogen-bond donors (Lipinski definition) is 1. The van der Waals surface area contributed by atoms with Crippen molar-refractivity contribution in [1.82, 2.24) is 0 Å². The van der Waals surface area contributed by atoms with Crippen molar-refractivity contribution in [3.05, 3.63) is 35.1 Å². The number of allylic oxidation sites excluding steroid dienone is 3. The Kier molecular flexibility index (Phi) is 3.23. The summed E-state index contributed by atoms with van der Waals surface area (Å²) >= 11 is 5.56. The van der Waals surface area contributed by atoms with Crippen LogP contribution in [0.3, 0.4) is 0 Å². The average molecular weight is 159 g/mol. The molecule has 1 nitrogen and oxygen atoms in total. The molecule has 56 valence electrons. The summed E-state index contributed by atoms with van der Waals surface area (Å²) in [5, 5.41) is 9.33. The second kappa shape index (κ2) is 3.47. The molecule has 0 heterocycles. The molecule has 0 saturated carbocycles. The number of hydrogen-bond acceptors (Lipinski definition) is 1. The van der Waals surface area contributed by atoms with E-state index in [1.54, 1.807) is 13.8 Å². The van der Waals surface area contributed by atoms with Gasteiger partial charge in [0.25, 0.3) is 0 Å². The van der Waals surface area contributed by atoms with Gasteiger partial charge in [-0.15, -0.1) is 0 Å². The number of aliphatic hydroxyl groups is 1. The lowest BCUT2D eigenvalue weighted by atomic mass is 10.1. The van der Waals surface area contributed by atoms with E-state index in [9.17, 15) is 0 Å². The van der Waals surface area contributed by atoms with Crippen LogP contribution in [0.5, 0.6) is 0 Å². The lowest BCUT2D eigenvalue weighted by Gasteiger charge is -2.02. The molecule has 1 N–H and O–H groups in total. The molecule has 2 heteroatoms. The van der Waals surface area contributed by atoms with Gasteiger partial charge in [-0.1, -0.05) is 24.8 Å². The fourth-order valence-corrected chi connectivity index (χ4v) is 0.562. The number of aliphatic hydroxyl groups excluding tert-OH is 1. The van der Waals surface area contributed by atoms with Crippen LogP contribution in [0.4, 0.5) is 0 Å². The van der Waals surface area contributed by atoms with Gasteiger partial charge in [0, 0.05) is 5.03 Å². The van der Waals surface area contributed by atoms with Gasteiger partial charge in [-0.2, -0.15) is 0 Å². The van der Waals surface area contributed by atoms with Crippen molar-refractivity contribution in [2.75, 3.05) is 0 Å². The van der Waals surface area contributed by atoms with E-state index in [-0.39, 0.29) is 5.76 Å². The summed E-state index contributed by atoms with van der Waals surface area (Å²) in [7, 11) is 0. The lowest BCUT2D eigenvalue weighted by Crippen LogP contribution is -1.86. The summed E-state index contributed by atoms with van der Waals surface area (Å²) in [5.41, 5.74) is 1.45. The molecule has 0 saturated heterocycles. The van der Waals surface area contributed by atoms with Crippen molar-refractivity contribution in [1.29, 1.82) is 0 Å². The van der Waals surface area contributed by atoms with Gasteiger partial charge in [-0.25, -0.2) is 0 Å². The summed E-state index contributed by atoms with van der Waals surface area (Å²) in [4.78, 5) is 0. The third-order valence-electron chi connectivity index (χ3n) is 1.40. The van der Waals surface area contributed by atoms with E-state index in [2.05, 4.69) is 13.2 Å². The Balaban J connectivity index is 4.67. The Hall–Kier alpha value is -0.690. The molecule has 0 aromatic heterocycles. The maximum Gasteiger partial charge on any atom is 0.111 e. The van der Waals surface area contributed by atoms with Crippen molar-refractivity contribution in [3.8, 4) is 0 Å². The summed E-state index contributed by atoms with van der Waals surface area (Å²) in [6.45, 7) is 10.4. The van der Waals surface area contributed by atoms with Gasteiger partial charge in [0.15, 0.2) is 0 Å². The molecule has 0 aromatic carbocycles. The van der Waals surface area contributed by atoms with Crippen LogP contribution >= 0.6 is 11.6 Å². The largest absolute Gasteiger partial charge is 0.508 e. The molecule has 0 aliphatic carbocycles. The van der Waals surface area contributed by atoms with E-state index in [4.69, 9.17) is 16.7 Å². The van der Waals surface area contributed by atoms with Gasteiger partial charge in [0.05, 0.1) is 0 Å². The molecule has 0 spiro atoms. The van der Waals surface area contributed by atoms with Gasteiger partial charge in [-0.3, -0.25) is 0 Å². The first-order valence-electron chi connectivity index (χ1n) is 2.87. The van der Waals surface area contributed by atoms with Crippen LogP contribution in [0, 0.1) is 0 Å². The maximum atomic E-state index is 8.89. The highest BCUT2D eigenvalue weighted by Crippen LogP contribution is 2.18. The molecule has 0 rings (SSSR count). The van der Waals surface area contributed by atoms with Gasteiger partial charge < -0.3 is 5.11 Å². The van der Waals surface area contributed by atoms with Crippen molar-refractivity contribution in [2.45, 2.75) is 13.8 Å². The average Bonchev–Trinajstić information content (AvgIpc) is 1.84. The Morgan fingerprint density at radius 3 is 1.70 bits per heavy atom. The maximum absolute atomic E-state index is 8.89. The predicted molar refractivity (Wildman–Crippen MR) is 45.1 cm³/mol. The van der Waals surface area contributed by atoms with Crippen molar-refractivity contribution in [2.24, 2.45) is 0 Å². The molecular formula is C8H11ClO. The fraction of sp³-hybridized carbons (Fsp3) is 0.250. The molecule has 0 aliphatic rings. The Bertz CT molecular complexity index is 179. The topological polar surface area (TPSA) is 20.2 Å². The SMILES string of the molecule is C=C(O)/C(C)=C(/C)C(=C)Cl. The first-order valence-corrected chi connectivity index (χ1v) is 3.25. The van der Waals surface area contributed by atoms with Crippen LogP contribution in [-0.2, 0) is 0 Å². The molecule has 0 atom stereocenters. The van der Waals surface area contributed by atoms with Gasteiger partial charge in [-0.05, 0) is 25.0 Å². The molecule has 0 aromatic rings. The Labute approximate surface area is 66.3 Å². The monoisotopic (exact) mass is 158 g/mol. The number of rotatable bonds is 2. The van der Waals surface area contributed by atoms with Crippen LogP contribution < -0.4 is 0 Å². The van der Waals surface area contributed by atoms with Gasteiger partial charge in [0.2, 0.25) is 0 Å². The van der Waals surface area contributed by atoms with Crippen LogP contribution in [0.2, 0.25) is 0 Å². The second-order valence-corrected chi connectivity index (χ2v) is 2.56. The van der Waals surface area contributed by atoms with Crippen molar-refractivity contribution < 1.29 is 5.11 Å². The zero-order chi connectivity index (χ0) is 8.31. The minimum Gasteiger partial charge on any atom is -0.508 e. The van der Waals surface area contributed by atoms with E-state index in [0.717, 1.165) is 5.57 Å². The highest BCUT2D eigenvalue weighted by atomic mass is 35.5. The first kappa shape index (κ1) is 9.31. The second-order valence-electron chi connectivity index (χ2n) is 2.10. The smallest absolute Gasteiger partial charge is 0.111 e. The summed E-state index contributed by atoms with van der Waals surface area (Å²) < 4.78 is 0. The van der Waals surface area contributed by atoms with Crippen molar-refractivity contribution >= 4 is 11.6 Å². The minimum absolute atomic E-state index is 0.0410. The molecule has 0 radical (unpaired) electrons. The highest BCUT2D eigenvalue weighted by Gasteiger charge is 2.00. The summed E-state index contributed by atoms with van der Waals surface area (Å²) in [6, 6.07) is 0. The molecule has 0 bridgehead atoms. The fourth-order valence-electron chi connectivity index (χ4n) is 0.420. The standard InChI is InChI=1S/C8H11ClO/c1-5(7(3)9)6(2)8(4)10/h10H,3-4H2,1-2H3/b6-5-. The molecule has 0 aliphatic heterocycles. The van der Waals surface area contributed by atoms with Crippen LogP contribution in [-0.4, -0.2) is 5.11 Å². The van der Waals surface area contributed by atoms with Crippen molar-refractivity contribution in [3.63, 3.8) is 0 Å². The Morgan fingerprint density at radius 1 is 1.20 bits per heavy atom. The lowest BCUT2D eigenvalue weighted by molar-refractivity contribution is 0.425. The zero-order valence-corrected chi connectivity index (χ0v) is 7.00. The molecule has 0 amide bonds. The normalized spacial score (nSPS) is 12.3. The molecular weight excluding hydrogens is 148 g/mol. The minimum atomic E-state index is 0.0410. The summed E-state index contributed by atoms with van der Waals surface area (Å²) in [5.74, 6) is 0.0410. The van der Waals surface area contributed by atoms with E-state index in [1.165, 1.54) is 0 Å². The molecule has 0 fully saturated rings. The van der Waals surface area contributed by atoms with E-state index < -0.39 is 0 Å². The summed E-state index contributed by atoms with van der Waals surface area (Å²) in [6.07, 6.45) is 0. The molecule has 10 heavy (non-hydrogen) atoms. The Morgan fingerprint density at radius 2 is 1.60 bits per heavy atom. The third-order valence-corrected chi connectivity index (χ3v) is 1.69. The first-order chi connectivity index (χ1) is 4.46. The quantitative estimate of drug-likeness (QED) is 0.484. The van der Waals surface area contributed by atoms with Gasteiger partial charge >= 0.3 is 0 Å². The van der Waals surface area contributed by atoms with Crippen LogP contribution in [0.1, 0.15) is 13.8 Å². The van der Waals surface area contributed by atoms with E-state index in [1.807, 2.05) is 0 Å². The zero-order valence-electron chi connectivity index (χ0n) is 6.24. The predicted octanol–water partition coefficient (Wildman–Crippen LogP) is 3.15. The molecule has 0 unspecified atom stereocenters. The van der Waals surface area contributed by atoms with Crippen LogP contribution in [0.15, 0.2) is 35.1 Å². The third kappa shape index (κ3) is 2.28. The van der Waals surface area contributed by atoms with E-state index >= 15 is 0 Å². The highest BCUT2D eigenvalue weighted by molar-refractivity contribution is 6.31.